The second kappa shape index (κ2) is 10.6. The van der Waals surface area contributed by atoms with Crippen LogP contribution in [0, 0.1) is 5.92 Å². The van der Waals surface area contributed by atoms with E-state index in [9.17, 15) is 35.9 Å². The number of anilines is 1. The molecule has 0 radical (unpaired) electrons. The monoisotopic (exact) mass is 582 g/mol. The van der Waals surface area contributed by atoms with E-state index in [1.807, 2.05) is 0 Å². The number of alkyl halides is 4. The maximum atomic E-state index is 14.7. The van der Waals surface area contributed by atoms with Crippen LogP contribution in [0.3, 0.4) is 0 Å². The van der Waals surface area contributed by atoms with Crippen LogP contribution < -0.4 is 10.5 Å². The van der Waals surface area contributed by atoms with Crippen LogP contribution in [0.5, 0.6) is 0 Å². The fourth-order valence-corrected chi connectivity index (χ4v) is 4.53. The SMILES string of the molecule is NS(=O)(=O)OC[C@H]1C[C@@H](Nc2ncncc2C(=O)c2cc(Cl)n(Cc3cc(C(F)(F)F)on3)c2)[C@@H](F)[C@@H]1O. The molecule has 3 aromatic rings. The summed E-state index contributed by atoms with van der Waals surface area (Å²) in [5.74, 6) is -2.92. The number of hydrogen-bond donors (Lipinski definition) is 3. The number of aliphatic hydroxyl groups excluding tert-OH is 1. The van der Waals surface area contributed by atoms with Gasteiger partial charge in [0.2, 0.25) is 5.76 Å². The highest BCUT2D eigenvalue weighted by molar-refractivity contribution is 7.84. The molecular formula is C20H19ClF4N6O6S. The Kier molecular flexibility index (Phi) is 7.76. The fraction of sp³-hybridized carbons (Fsp3) is 0.400. The largest absolute Gasteiger partial charge is 0.452 e. The first kappa shape index (κ1) is 27.9. The number of carbonyl (C=O) groups excluding carboxylic acids is 1. The van der Waals surface area contributed by atoms with Gasteiger partial charge < -0.3 is 19.5 Å². The molecular weight excluding hydrogens is 564 g/mol. The van der Waals surface area contributed by atoms with Crippen molar-refractivity contribution in [2.24, 2.45) is 11.1 Å². The fourth-order valence-electron chi connectivity index (χ4n) is 3.94. The molecule has 1 aliphatic carbocycles. The van der Waals surface area contributed by atoms with Crippen molar-refractivity contribution in [3.8, 4) is 0 Å². The van der Waals surface area contributed by atoms with Crippen molar-refractivity contribution >= 4 is 33.5 Å². The van der Waals surface area contributed by atoms with Crippen molar-refractivity contribution in [2.45, 2.75) is 37.5 Å². The molecule has 3 aromatic heterocycles. The van der Waals surface area contributed by atoms with Gasteiger partial charge in [0.1, 0.15) is 29.2 Å². The Bertz CT molecular complexity index is 1430. The summed E-state index contributed by atoms with van der Waals surface area (Å²) in [5, 5.41) is 21.0. The van der Waals surface area contributed by atoms with Crippen molar-refractivity contribution < 1.29 is 44.6 Å². The van der Waals surface area contributed by atoms with Gasteiger partial charge in [0.05, 0.1) is 30.9 Å². The summed E-state index contributed by atoms with van der Waals surface area (Å²) in [6.07, 6.45) is -4.68. The van der Waals surface area contributed by atoms with Gasteiger partial charge in [-0.15, -0.1) is 0 Å². The van der Waals surface area contributed by atoms with Crippen molar-refractivity contribution in [3.05, 3.63) is 58.6 Å². The van der Waals surface area contributed by atoms with Gasteiger partial charge in [-0.1, -0.05) is 16.8 Å². The van der Waals surface area contributed by atoms with Crippen molar-refractivity contribution in [1.82, 2.24) is 19.7 Å². The molecule has 4 N–H and O–H groups in total. The molecule has 0 aliphatic heterocycles. The molecule has 38 heavy (non-hydrogen) atoms. The first-order valence-electron chi connectivity index (χ1n) is 10.7. The lowest BCUT2D eigenvalue weighted by Crippen LogP contribution is -2.33. The summed E-state index contributed by atoms with van der Waals surface area (Å²) in [7, 11) is -4.30. The number of rotatable bonds is 9. The third-order valence-corrected chi connectivity index (χ3v) is 6.54. The van der Waals surface area contributed by atoms with Gasteiger partial charge in [0.25, 0.3) is 0 Å². The zero-order chi connectivity index (χ0) is 27.8. The highest BCUT2D eigenvalue weighted by Gasteiger charge is 2.44. The van der Waals surface area contributed by atoms with E-state index in [1.54, 1.807) is 0 Å². The summed E-state index contributed by atoms with van der Waals surface area (Å²) >= 11 is 6.16. The first-order valence-corrected chi connectivity index (χ1v) is 12.6. The molecule has 0 aromatic carbocycles. The van der Waals surface area contributed by atoms with Crippen LogP contribution in [0.4, 0.5) is 23.4 Å². The second-order valence-electron chi connectivity index (χ2n) is 8.43. The van der Waals surface area contributed by atoms with Crippen LogP contribution in [0.25, 0.3) is 0 Å². The number of nitrogens with one attached hydrogen (secondary N) is 1. The number of halogens is 5. The van der Waals surface area contributed by atoms with Gasteiger partial charge in [-0.2, -0.15) is 21.6 Å². The quantitative estimate of drug-likeness (QED) is 0.250. The number of carbonyl (C=O) groups is 1. The average Bonchev–Trinajstić information content (AvgIpc) is 3.52. The predicted molar refractivity (Wildman–Crippen MR) is 121 cm³/mol. The van der Waals surface area contributed by atoms with E-state index in [0.29, 0.717) is 6.07 Å². The third kappa shape index (κ3) is 6.29. The molecule has 1 saturated carbocycles. The van der Waals surface area contributed by atoms with Crippen LogP contribution in [0.1, 0.15) is 33.8 Å². The number of aliphatic hydroxyl groups is 1. The van der Waals surface area contributed by atoms with E-state index in [-0.39, 0.29) is 40.8 Å². The zero-order valence-electron chi connectivity index (χ0n) is 19.0. The molecule has 0 bridgehead atoms. The molecule has 206 valence electrons. The molecule has 0 unspecified atom stereocenters. The third-order valence-electron chi connectivity index (χ3n) is 5.75. The Labute approximate surface area is 217 Å². The highest BCUT2D eigenvalue weighted by atomic mass is 35.5. The summed E-state index contributed by atoms with van der Waals surface area (Å²) in [6, 6.07) is 0.905. The molecule has 1 aliphatic rings. The molecule has 0 spiro atoms. The van der Waals surface area contributed by atoms with Gasteiger partial charge >= 0.3 is 16.5 Å². The van der Waals surface area contributed by atoms with Crippen LogP contribution in [0.15, 0.2) is 35.4 Å². The lowest BCUT2D eigenvalue weighted by Gasteiger charge is -2.18. The Morgan fingerprint density at radius 3 is 2.76 bits per heavy atom. The lowest BCUT2D eigenvalue weighted by molar-refractivity contribution is -0.155. The van der Waals surface area contributed by atoms with E-state index in [1.165, 1.54) is 16.8 Å². The Morgan fingerprint density at radius 1 is 1.37 bits per heavy atom. The Balaban J connectivity index is 1.50. The van der Waals surface area contributed by atoms with Gasteiger partial charge in [0, 0.05) is 29.9 Å². The van der Waals surface area contributed by atoms with Crippen molar-refractivity contribution in [2.75, 3.05) is 11.9 Å². The smallest absolute Gasteiger partial charge is 0.390 e. The molecule has 12 nitrogen and oxygen atoms in total. The summed E-state index contributed by atoms with van der Waals surface area (Å²) in [6.45, 7) is -0.774. The van der Waals surface area contributed by atoms with Gasteiger partial charge in [0.15, 0.2) is 5.78 Å². The summed E-state index contributed by atoms with van der Waals surface area (Å²) < 4.78 is 85.1. The van der Waals surface area contributed by atoms with Gasteiger partial charge in [-0.05, 0) is 12.5 Å². The van der Waals surface area contributed by atoms with Crippen LogP contribution in [-0.2, 0) is 27.2 Å². The molecule has 0 saturated heterocycles. The highest BCUT2D eigenvalue weighted by Crippen LogP contribution is 2.33. The van der Waals surface area contributed by atoms with E-state index in [4.69, 9.17) is 16.7 Å². The standard InChI is InChI=1S/C20H19ClF4N6O6S/c21-15-2-9(5-31(15)6-11-3-14(37-30-11)20(23,24)25)17(32)12-4-27-8-28-19(12)29-13-1-10(18(33)16(13)22)7-36-38(26,34)35/h2-5,8,10,13,16,18,33H,1,6-7H2,(H2,26,34,35)(H,27,28,29)/t10-,13-,16-,18-/m1/s1. The van der Waals surface area contributed by atoms with Crippen LogP contribution in [-0.4, -0.2) is 63.9 Å². The lowest BCUT2D eigenvalue weighted by atomic mass is 10.1. The molecule has 18 heteroatoms. The summed E-state index contributed by atoms with van der Waals surface area (Å²) in [4.78, 5) is 21.0. The molecule has 4 rings (SSSR count). The maximum absolute atomic E-state index is 14.7. The van der Waals surface area contributed by atoms with E-state index in [2.05, 4.69) is 29.1 Å². The van der Waals surface area contributed by atoms with Crippen LogP contribution >= 0.6 is 11.6 Å². The predicted octanol–water partition coefficient (Wildman–Crippen LogP) is 1.94. The molecule has 1 fully saturated rings. The minimum Gasteiger partial charge on any atom is -0.390 e. The van der Waals surface area contributed by atoms with Crippen LogP contribution in [0.2, 0.25) is 5.15 Å². The van der Waals surface area contributed by atoms with Crippen molar-refractivity contribution in [3.63, 3.8) is 0 Å². The summed E-state index contributed by atoms with van der Waals surface area (Å²) in [5.41, 5.74) is -0.155. The Morgan fingerprint density at radius 2 is 2.11 bits per heavy atom. The topological polar surface area (TPSA) is 175 Å². The maximum Gasteiger partial charge on any atom is 0.452 e. The molecule has 0 amide bonds. The number of aromatic nitrogens is 4. The first-order chi connectivity index (χ1) is 17.7. The Hall–Kier alpha value is -3.12. The van der Waals surface area contributed by atoms with E-state index >= 15 is 0 Å². The molecule has 4 atom stereocenters. The minimum absolute atomic E-state index is 0.0108. The minimum atomic E-state index is -4.72. The normalized spacial score (nSPS) is 22.1. The molecule has 3 heterocycles. The van der Waals surface area contributed by atoms with Gasteiger partial charge in [-0.3, -0.25) is 8.98 Å². The zero-order valence-corrected chi connectivity index (χ0v) is 20.5. The van der Waals surface area contributed by atoms with Gasteiger partial charge in [-0.25, -0.2) is 19.5 Å². The number of nitrogens with two attached hydrogens (primary N) is 1. The average molecular weight is 583 g/mol. The van der Waals surface area contributed by atoms with E-state index < -0.39 is 58.9 Å². The number of nitrogens with zero attached hydrogens (tertiary/aromatic N) is 4. The van der Waals surface area contributed by atoms with Crippen molar-refractivity contribution in [1.29, 1.82) is 0 Å². The van der Waals surface area contributed by atoms with E-state index in [0.717, 1.165) is 12.5 Å². The second-order valence-corrected chi connectivity index (χ2v) is 10.0. The number of ketones is 1. The number of hydrogen-bond acceptors (Lipinski definition) is 10.